The lowest BCUT2D eigenvalue weighted by atomic mass is 10.2. The van der Waals surface area contributed by atoms with Crippen molar-refractivity contribution in [3.05, 3.63) is 67.3 Å². The number of halogens is 1. The van der Waals surface area contributed by atoms with Crippen molar-refractivity contribution in [1.29, 1.82) is 0 Å². The Morgan fingerprint density at radius 3 is 2.57 bits per heavy atom. The zero-order chi connectivity index (χ0) is 15.2. The number of benzene rings is 2. The fourth-order valence-electron chi connectivity index (χ4n) is 1.58. The highest BCUT2D eigenvalue weighted by Gasteiger charge is 2.14. The van der Waals surface area contributed by atoms with Crippen molar-refractivity contribution in [2.45, 2.75) is 0 Å². The molecule has 0 heterocycles. The fourth-order valence-corrected chi connectivity index (χ4v) is 2.15. The van der Waals surface area contributed by atoms with E-state index in [9.17, 15) is 15.2 Å². The summed E-state index contributed by atoms with van der Waals surface area (Å²) in [6.45, 7) is 0. The zero-order valence-corrected chi connectivity index (χ0v) is 12.8. The van der Waals surface area contributed by atoms with Crippen LogP contribution in [0.25, 0.3) is 0 Å². The Kier molecular flexibility index (Phi) is 4.99. The van der Waals surface area contributed by atoms with E-state index in [-0.39, 0.29) is 11.3 Å². The summed E-state index contributed by atoms with van der Waals surface area (Å²) >= 11 is 2.19. The molecule has 21 heavy (non-hydrogen) atoms. The van der Waals surface area contributed by atoms with Gasteiger partial charge in [-0.3, -0.25) is 10.1 Å². The van der Waals surface area contributed by atoms with Crippen LogP contribution < -0.4 is 0 Å². The lowest BCUT2D eigenvalue weighted by molar-refractivity contribution is -0.385. The maximum absolute atomic E-state index is 10.7. The van der Waals surface area contributed by atoms with Crippen molar-refractivity contribution >= 4 is 40.7 Å². The molecular weight excluding hydrogens is 385 g/mol. The molecule has 0 saturated carbocycles. The standard InChI is InChI=1S/C14H10IN3O3/c15-12-5-1-3-10(7-12)8-16-17-9-11-4-2-6-13(14(11)19)18(20)21/h1-9,19H. The van der Waals surface area contributed by atoms with Crippen molar-refractivity contribution < 1.29 is 10.0 Å². The van der Waals surface area contributed by atoms with Gasteiger partial charge >= 0.3 is 5.69 Å². The highest BCUT2D eigenvalue weighted by Crippen LogP contribution is 2.27. The van der Waals surface area contributed by atoms with Gasteiger partial charge in [-0.15, -0.1) is 0 Å². The van der Waals surface area contributed by atoms with Gasteiger partial charge in [0.05, 0.1) is 17.4 Å². The molecule has 106 valence electrons. The van der Waals surface area contributed by atoms with Crippen LogP contribution in [0, 0.1) is 13.7 Å². The van der Waals surface area contributed by atoms with Crippen LogP contribution in [0.3, 0.4) is 0 Å². The summed E-state index contributed by atoms with van der Waals surface area (Å²) in [6, 6.07) is 11.9. The fraction of sp³-hybridized carbons (Fsp3) is 0. The molecule has 7 heteroatoms. The minimum absolute atomic E-state index is 0.240. The molecule has 2 aromatic carbocycles. The monoisotopic (exact) mass is 395 g/mol. The van der Waals surface area contributed by atoms with Crippen LogP contribution in [0.1, 0.15) is 11.1 Å². The number of phenols is 1. The van der Waals surface area contributed by atoms with Gasteiger partial charge in [0, 0.05) is 15.2 Å². The van der Waals surface area contributed by atoms with Gasteiger partial charge in [-0.05, 0) is 46.4 Å². The number of nitro groups is 1. The summed E-state index contributed by atoms with van der Waals surface area (Å²) in [4.78, 5) is 10.0. The molecule has 0 amide bonds. The number of aromatic hydroxyl groups is 1. The highest BCUT2D eigenvalue weighted by molar-refractivity contribution is 14.1. The maximum Gasteiger partial charge on any atom is 0.311 e. The highest BCUT2D eigenvalue weighted by atomic mass is 127. The normalized spacial score (nSPS) is 11.3. The lowest BCUT2D eigenvalue weighted by Crippen LogP contribution is -1.91. The van der Waals surface area contributed by atoms with E-state index in [0.29, 0.717) is 0 Å². The number of nitro benzene ring substituents is 1. The first-order valence-electron chi connectivity index (χ1n) is 5.86. The van der Waals surface area contributed by atoms with Crippen LogP contribution in [-0.4, -0.2) is 22.5 Å². The average molecular weight is 395 g/mol. The van der Waals surface area contributed by atoms with E-state index in [1.165, 1.54) is 24.4 Å². The molecule has 0 fully saturated rings. The minimum Gasteiger partial charge on any atom is -0.502 e. The van der Waals surface area contributed by atoms with Gasteiger partial charge in [-0.1, -0.05) is 18.2 Å². The molecule has 0 bridgehead atoms. The molecule has 6 nitrogen and oxygen atoms in total. The Balaban J connectivity index is 2.15. The summed E-state index contributed by atoms with van der Waals surface area (Å²) < 4.78 is 1.08. The Morgan fingerprint density at radius 2 is 1.86 bits per heavy atom. The average Bonchev–Trinajstić information content (AvgIpc) is 2.45. The Labute approximate surface area is 134 Å². The molecule has 0 spiro atoms. The number of nitrogens with zero attached hydrogens (tertiary/aromatic N) is 3. The van der Waals surface area contributed by atoms with E-state index in [4.69, 9.17) is 0 Å². The van der Waals surface area contributed by atoms with Gasteiger partial charge in [0.2, 0.25) is 5.75 Å². The third-order valence-corrected chi connectivity index (χ3v) is 3.23. The topological polar surface area (TPSA) is 88.1 Å². The van der Waals surface area contributed by atoms with Gasteiger partial charge in [0.1, 0.15) is 0 Å². The molecule has 1 N–H and O–H groups in total. The molecule has 0 saturated heterocycles. The molecule has 0 unspecified atom stereocenters. The van der Waals surface area contributed by atoms with Crippen LogP contribution in [0.15, 0.2) is 52.7 Å². The number of phenolic OH excluding ortho intramolecular Hbond substituents is 1. The van der Waals surface area contributed by atoms with Crippen LogP contribution in [0.2, 0.25) is 0 Å². The summed E-state index contributed by atoms with van der Waals surface area (Å²) in [5.41, 5.74) is 0.770. The van der Waals surface area contributed by atoms with Crippen molar-refractivity contribution in [2.24, 2.45) is 10.2 Å². The predicted octanol–water partition coefficient (Wildman–Crippen LogP) is 3.36. The first kappa shape index (κ1) is 15.1. The van der Waals surface area contributed by atoms with E-state index in [1.807, 2.05) is 24.3 Å². The van der Waals surface area contributed by atoms with E-state index in [2.05, 4.69) is 32.8 Å². The van der Waals surface area contributed by atoms with E-state index in [0.717, 1.165) is 9.13 Å². The Hall–Kier alpha value is -2.29. The summed E-state index contributed by atoms with van der Waals surface area (Å²) in [7, 11) is 0. The molecule has 0 aliphatic carbocycles. The summed E-state index contributed by atoms with van der Waals surface area (Å²) in [5.74, 6) is -0.421. The molecule has 0 atom stereocenters. The quantitative estimate of drug-likeness (QED) is 0.373. The molecule has 0 radical (unpaired) electrons. The molecule has 2 aromatic rings. The molecule has 0 aliphatic heterocycles. The Morgan fingerprint density at radius 1 is 1.14 bits per heavy atom. The van der Waals surface area contributed by atoms with Crippen molar-refractivity contribution in [1.82, 2.24) is 0 Å². The van der Waals surface area contributed by atoms with Crippen molar-refractivity contribution in [3.63, 3.8) is 0 Å². The second-order valence-corrected chi connectivity index (χ2v) is 5.26. The smallest absolute Gasteiger partial charge is 0.311 e. The van der Waals surface area contributed by atoms with Crippen molar-refractivity contribution in [2.75, 3.05) is 0 Å². The van der Waals surface area contributed by atoms with Crippen LogP contribution in [-0.2, 0) is 0 Å². The Bertz CT molecular complexity index is 729. The molecule has 0 aliphatic rings. The largest absolute Gasteiger partial charge is 0.502 e. The van der Waals surface area contributed by atoms with Crippen molar-refractivity contribution in [3.8, 4) is 5.75 Å². The molecular formula is C14H10IN3O3. The third kappa shape index (κ3) is 4.09. The van der Waals surface area contributed by atoms with E-state index < -0.39 is 10.7 Å². The van der Waals surface area contributed by atoms with Crippen LogP contribution in [0.4, 0.5) is 5.69 Å². The first-order chi connectivity index (χ1) is 10.1. The van der Waals surface area contributed by atoms with Crippen LogP contribution >= 0.6 is 22.6 Å². The minimum atomic E-state index is -0.651. The number of hydrogen-bond donors (Lipinski definition) is 1. The maximum atomic E-state index is 10.7. The van der Waals surface area contributed by atoms with Gasteiger partial charge < -0.3 is 5.11 Å². The lowest BCUT2D eigenvalue weighted by Gasteiger charge is -1.98. The predicted molar refractivity (Wildman–Crippen MR) is 89.1 cm³/mol. The third-order valence-electron chi connectivity index (χ3n) is 2.56. The molecule has 0 aromatic heterocycles. The second kappa shape index (κ2) is 6.93. The zero-order valence-electron chi connectivity index (χ0n) is 10.7. The van der Waals surface area contributed by atoms with Gasteiger partial charge in [0.25, 0.3) is 0 Å². The number of rotatable bonds is 4. The SMILES string of the molecule is O=[N+]([O-])c1cccc(C=NN=Cc2cccc(I)c2)c1O. The summed E-state index contributed by atoms with van der Waals surface area (Å²) in [6.07, 6.45) is 2.83. The summed E-state index contributed by atoms with van der Waals surface area (Å²) in [5, 5.41) is 28.1. The second-order valence-electron chi connectivity index (χ2n) is 4.02. The number of hydrogen-bond acceptors (Lipinski definition) is 5. The van der Waals surface area contributed by atoms with E-state index >= 15 is 0 Å². The van der Waals surface area contributed by atoms with Gasteiger partial charge in [0.15, 0.2) is 0 Å². The van der Waals surface area contributed by atoms with Gasteiger partial charge in [-0.25, -0.2) is 0 Å². The molecule has 2 rings (SSSR count). The van der Waals surface area contributed by atoms with Gasteiger partial charge in [-0.2, -0.15) is 10.2 Å². The van der Waals surface area contributed by atoms with E-state index in [1.54, 1.807) is 6.21 Å². The first-order valence-corrected chi connectivity index (χ1v) is 6.94. The number of para-hydroxylation sites is 1. The van der Waals surface area contributed by atoms with Crippen LogP contribution in [0.5, 0.6) is 5.75 Å².